The second-order valence-electron chi connectivity index (χ2n) is 8.72. The second kappa shape index (κ2) is 9.43. The van der Waals surface area contributed by atoms with Gasteiger partial charge < -0.3 is 14.2 Å². The van der Waals surface area contributed by atoms with Gasteiger partial charge in [-0.05, 0) is 74.0 Å². The molecule has 2 aromatic carbocycles. The summed E-state index contributed by atoms with van der Waals surface area (Å²) in [7, 11) is 0. The molecule has 1 aromatic heterocycles. The van der Waals surface area contributed by atoms with E-state index in [4.69, 9.17) is 4.74 Å². The van der Waals surface area contributed by atoms with E-state index >= 15 is 0 Å². The summed E-state index contributed by atoms with van der Waals surface area (Å²) in [6, 6.07) is 14.3. The fourth-order valence-corrected chi connectivity index (χ4v) is 4.63. The number of anilines is 2. The largest absolute Gasteiger partial charge is 0.378 e. The molecule has 0 saturated carbocycles. The van der Waals surface area contributed by atoms with E-state index in [9.17, 15) is 18.8 Å². The Morgan fingerprint density at radius 2 is 1.61 bits per heavy atom. The zero-order valence-corrected chi connectivity index (χ0v) is 20.0. The molecule has 0 radical (unpaired) electrons. The molecule has 3 aromatic rings. The Bertz CT molecular complexity index is 1390. The summed E-state index contributed by atoms with van der Waals surface area (Å²) in [6.45, 7) is 6.97. The predicted octanol–water partition coefficient (Wildman–Crippen LogP) is 3.74. The minimum absolute atomic E-state index is 0.0433. The number of nitrogens with zero attached hydrogens (tertiary/aromatic N) is 3. The van der Waals surface area contributed by atoms with Crippen LogP contribution in [-0.2, 0) is 14.3 Å². The summed E-state index contributed by atoms with van der Waals surface area (Å²) in [5.41, 5.74) is 4.32. The van der Waals surface area contributed by atoms with Crippen molar-refractivity contribution < 1.29 is 23.5 Å². The molecule has 0 spiro atoms. The number of carbonyl (C=O) groups is 3. The molecule has 0 unspecified atom stereocenters. The maximum Gasteiger partial charge on any atom is 0.335 e. The molecule has 3 heterocycles. The number of ether oxygens (including phenoxy) is 1. The lowest BCUT2D eigenvalue weighted by Gasteiger charge is -2.29. The van der Waals surface area contributed by atoms with Gasteiger partial charge in [-0.25, -0.2) is 14.1 Å². The Morgan fingerprint density at radius 1 is 0.917 bits per heavy atom. The highest BCUT2D eigenvalue weighted by Crippen LogP contribution is 2.27. The number of carbonyl (C=O) groups excluding carboxylic acids is 3. The standard InChI is InChI=1S/C27H25FN4O4/c1-17-14-19(18(2)31(17)22-8-6-21(7-9-22)30-10-12-36-13-11-30)15-24-25(33)29-27(35)32(26(24)34)23-5-3-4-20(28)16-23/h3-9,14-16H,10-13H2,1-2H3,(H,29,33,35)/b24-15+. The highest BCUT2D eigenvalue weighted by Gasteiger charge is 2.37. The van der Waals surface area contributed by atoms with Crippen LogP contribution in [0.2, 0.25) is 0 Å². The third-order valence-corrected chi connectivity index (χ3v) is 6.42. The highest BCUT2D eigenvalue weighted by atomic mass is 19.1. The average Bonchev–Trinajstić information content (AvgIpc) is 3.15. The topological polar surface area (TPSA) is 83.9 Å². The quantitative estimate of drug-likeness (QED) is 0.447. The molecule has 2 aliphatic rings. The first kappa shape index (κ1) is 23.5. The number of imide groups is 2. The number of rotatable bonds is 4. The third-order valence-electron chi connectivity index (χ3n) is 6.42. The van der Waals surface area contributed by atoms with E-state index in [1.165, 1.54) is 24.3 Å². The summed E-state index contributed by atoms with van der Waals surface area (Å²) in [6.07, 6.45) is 1.47. The van der Waals surface area contributed by atoms with Crippen molar-refractivity contribution in [2.75, 3.05) is 36.1 Å². The number of morpholine rings is 1. The normalized spacial score (nSPS) is 17.6. The van der Waals surface area contributed by atoms with Crippen molar-refractivity contribution in [2.24, 2.45) is 0 Å². The van der Waals surface area contributed by atoms with Crippen molar-refractivity contribution in [3.63, 3.8) is 0 Å². The molecule has 0 bridgehead atoms. The van der Waals surface area contributed by atoms with Crippen molar-refractivity contribution in [1.82, 2.24) is 9.88 Å². The van der Waals surface area contributed by atoms with E-state index in [1.54, 1.807) is 0 Å². The van der Waals surface area contributed by atoms with Crippen LogP contribution in [0.15, 0.2) is 60.2 Å². The molecule has 2 fully saturated rings. The Labute approximate surface area is 207 Å². The number of barbiturate groups is 1. The van der Waals surface area contributed by atoms with Gasteiger partial charge >= 0.3 is 6.03 Å². The molecule has 2 aliphatic heterocycles. The molecular weight excluding hydrogens is 463 g/mol. The molecule has 0 atom stereocenters. The van der Waals surface area contributed by atoms with Gasteiger partial charge in [0, 0.05) is 35.9 Å². The fraction of sp³-hybridized carbons (Fsp3) is 0.222. The minimum Gasteiger partial charge on any atom is -0.378 e. The van der Waals surface area contributed by atoms with Gasteiger partial charge in [0.2, 0.25) is 0 Å². The highest BCUT2D eigenvalue weighted by molar-refractivity contribution is 6.39. The molecule has 0 aliphatic carbocycles. The molecule has 8 nitrogen and oxygen atoms in total. The predicted molar refractivity (Wildman–Crippen MR) is 134 cm³/mol. The summed E-state index contributed by atoms with van der Waals surface area (Å²) in [5.74, 6) is -2.20. The minimum atomic E-state index is -0.918. The first-order valence-electron chi connectivity index (χ1n) is 11.6. The van der Waals surface area contributed by atoms with Crippen LogP contribution in [-0.4, -0.2) is 48.7 Å². The van der Waals surface area contributed by atoms with Crippen LogP contribution in [0.3, 0.4) is 0 Å². The molecule has 5 rings (SSSR count). The number of nitrogens with one attached hydrogen (secondary N) is 1. The zero-order valence-electron chi connectivity index (χ0n) is 20.0. The molecule has 36 heavy (non-hydrogen) atoms. The van der Waals surface area contributed by atoms with Crippen LogP contribution >= 0.6 is 0 Å². The Balaban J connectivity index is 1.46. The van der Waals surface area contributed by atoms with Crippen LogP contribution in [0.5, 0.6) is 0 Å². The van der Waals surface area contributed by atoms with Crippen molar-refractivity contribution in [3.05, 3.63) is 82.9 Å². The molecule has 2 saturated heterocycles. The summed E-state index contributed by atoms with van der Waals surface area (Å²) >= 11 is 0. The van der Waals surface area contributed by atoms with E-state index in [0.717, 1.165) is 46.8 Å². The lowest BCUT2D eigenvalue weighted by molar-refractivity contribution is -0.122. The number of hydrogen-bond donors (Lipinski definition) is 1. The number of aromatic nitrogens is 1. The Morgan fingerprint density at radius 3 is 2.31 bits per heavy atom. The fourth-order valence-electron chi connectivity index (χ4n) is 4.63. The maximum absolute atomic E-state index is 13.7. The summed E-state index contributed by atoms with van der Waals surface area (Å²) in [4.78, 5) is 41.2. The number of urea groups is 1. The lowest BCUT2D eigenvalue weighted by Crippen LogP contribution is -2.54. The van der Waals surface area contributed by atoms with Gasteiger partial charge in [0.15, 0.2) is 0 Å². The first-order valence-corrected chi connectivity index (χ1v) is 11.6. The molecule has 1 N–H and O–H groups in total. The number of halogens is 1. The van der Waals surface area contributed by atoms with Crippen molar-refractivity contribution >= 4 is 35.3 Å². The number of aryl methyl sites for hydroxylation is 1. The van der Waals surface area contributed by atoms with Gasteiger partial charge in [0.05, 0.1) is 18.9 Å². The Hall–Kier alpha value is -4.24. The Kier molecular flexibility index (Phi) is 6.15. The molecule has 9 heteroatoms. The van der Waals surface area contributed by atoms with E-state index in [0.29, 0.717) is 18.8 Å². The third kappa shape index (κ3) is 4.29. The molecular formula is C27H25FN4O4. The van der Waals surface area contributed by atoms with Gasteiger partial charge in [-0.3, -0.25) is 14.9 Å². The van der Waals surface area contributed by atoms with Crippen LogP contribution in [0.25, 0.3) is 11.8 Å². The van der Waals surface area contributed by atoms with Crippen LogP contribution in [0.1, 0.15) is 17.0 Å². The molecule has 4 amide bonds. The van der Waals surface area contributed by atoms with Crippen LogP contribution in [0.4, 0.5) is 20.6 Å². The van der Waals surface area contributed by atoms with Crippen LogP contribution in [0, 0.1) is 19.7 Å². The lowest BCUT2D eigenvalue weighted by atomic mass is 10.1. The monoisotopic (exact) mass is 488 g/mol. The first-order chi connectivity index (χ1) is 17.3. The number of amides is 4. The van der Waals surface area contributed by atoms with Crippen molar-refractivity contribution in [3.8, 4) is 5.69 Å². The maximum atomic E-state index is 13.7. The van der Waals surface area contributed by atoms with Gasteiger partial charge in [-0.2, -0.15) is 0 Å². The van der Waals surface area contributed by atoms with E-state index in [2.05, 4.69) is 22.3 Å². The summed E-state index contributed by atoms with van der Waals surface area (Å²) in [5, 5.41) is 2.17. The van der Waals surface area contributed by atoms with E-state index in [1.807, 2.05) is 36.6 Å². The average molecular weight is 489 g/mol. The van der Waals surface area contributed by atoms with Gasteiger partial charge in [0.25, 0.3) is 11.8 Å². The van der Waals surface area contributed by atoms with E-state index in [-0.39, 0.29) is 11.3 Å². The van der Waals surface area contributed by atoms with Crippen LogP contribution < -0.4 is 15.1 Å². The van der Waals surface area contributed by atoms with Gasteiger partial charge in [0.1, 0.15) is 11.4 Å². The van der Waals surface area contributed by atoms with Crippen molar-refractivity contribution in [1.29, 1.82) is 0 Å². The summed E-state index contributed by atoms with van der Waals surface area (Å²) < 4.78 is 21.2. The number of hydrogen-bond acceptors (Lipinski definition) is 5. The van der Waals surface area contributed by atoms with E-state index < -0.39 is 23.7 Å². The second-order valence-corrected chi connectivity index (χ2v) is 8.72. The molecule has 184 valence electrons. The van der Waals surface area contributed by atoms with Gasteiger partial charge in [-0.1, -0.05) is 6.07 Å². The van der Waals surface area contributed by atoms with Gasteiger partial charge in [-0.15, -0.1) is 0 Å². The van der Waals surface area contributed by atoms with Crippen molar-refractivity contribution in [2.45, 2.75) is 13.8 Å². The number of benzene rings is 2. The SMILES string of the molecule is Cc1cc(/C=C2\C(=O)NC(=O)N(c3cccc(F)c3)C2=O)c(C)n1-c1ccc(N2CCOCC2)cc1. The smallest absolute Gasteiger partial charge is 0.335 e. The zero-order chi connectivity index (χ0) is 25.4.